The number of nitrogens with two attached hydrogens (primary N) is 2. The molecule has 2 rings (SSSR count). The molecule has 0 atom stereocenters. The van der Waals surface area contributed by atoms with Crippen LogP contribution in [0.5, 0.6) is 0 Å². The maximum Gasteiger partial charge on any atom is 0.229 e. The van der Waals surface area contributed by atoms with Crippen LogP contribution in [0.1, 0.15) is 5.82 Å². The van der Waals surface area contributed by atoms with Crippen molar-refractivity contribution in [3.05, 3.63) is 18.2 Å². The molecule has 0 amide bonds. The highest BCUT2D eigenvalue weighted by Gasteiger charge is 2.08. The Morgan fingerprint density at radius 3 is 2.53 bits per heavy atom. The molecule has 0 spiro atoms. The zero-order valence-electron chi connectivity index (χ0n) is 10.6. The average Bonchev–Trinajstić information content (AvgIpc) is 2.37. The van der Waals surface area contributed by atoms with Crippen molar-refractivity contribution in [3.8, 4) is 0 Å². The first kappa shape index (κ1) is 13.3. The van der Waals surface area contributed by atoms with E-state index in [0.717, 1.165) is 0 Å². The van der Waals surface area contributed by atoms with Crippen molar-refractivity contribution in [2.24, 2.45) is 0 Å². The predicted octanol–water partition coefficient (Wildman–Crippen LogP) is 0.184. The van der Waals surface area contributed by atoms with Crippen molar-refractivity contribution in [1.82, 2.24) is 24.9 Å². The van der Waals surface area contributed by atoms with Crippen LogP contribution in [-0.2, 0) is 5.75 Å². The van der Waals surface area contributed by atoms with Crippen LogP contribution in [-0.4, -0.2) is 39.0 Å². The summed E-state index contributed by atoms with van der Waals surface area (Å²) >= 11 is 1.40. The molecule has 8 nitrogen and oxygen atoms in total. The maximum atomic E-state index is 5.71. The molecule has 0 aliphatic heterocycles. The Morgan fingerprint density at radius 2 is 1.84 bits per heavy atom. The fraction of sp³-hybridized carbons (Fsp3) is 0.300. The van der Waals surface area contributed by atoms with Gasteiger partial charge in [-0.3, -0.25) is 0 Å². The van der Waals surface area contributed by atoms with Gasteiger partial charge in [0.1, 0.15) is 10.9 Å². The number of hydrogen-bond acceptors (Lipinski definition) is 9. The highest BCUT2D eigenvalue weighted by Crippen LogP contribution is 2.23. The molecule has 19 heavy (non-hydrogen) atoms. The van der Waals surface area contributed by atoms with Gasteiger partial charge in [0.05, 0.1) is 5.75 Å². The van der Waals surface area contributed by atoms with E-state index in [0.29, 0.717) is 28.4 Å². The Morgan fingerprint density at radius 1 is 1.11 bits per heavy atom. The molecule has 2 aromatic rings. The van der Waals surface area contributed by atoms with E-state index in [1.54, 1.807) is 17.3 Å². The second-order valence-corrected chi connectivity index (χ2v) is 4.80. The number of nitrogens with zero attached hydrogens (tertiary/aromatic N) is 6. The Bertz CT molecular complexity index is 573. The highest BCUT2D eigenvalue weighted by molar-refractivity contribution is 7.98. The van der Waals surface area contributed by atoms with Crippen LogP contribution in [0.15, 0.2) is 17.4 Å². The minimum atomic E-state index is 0.196. The third kappa shape index (κ3) is 3.41. The molecule has 0 fully saturated rings. The number of hydrogen-bond donors (Lipinski definition) is 2. The second kappa shape index (κ2) is 5.65. The van der Waals surface area contributed by atoms with Gasteiger partial charge in [-0.25, -0.2) is 9.97 Å². The number of thioether (sulfide) groups is 1. The van der Waals surface area contributed by atoms with Gasteiger partial charge < -0.3 is 16.4 Å². The number of aromatic nitrogens is 5. The topological polar surface area (TPSA) is 120 Å². The first-order chi connectivity index (χ1) is 9.06. The number of nitrogen functional groups attached to an aromatic ring is 2. The highest BCUT2D eigenvalue weighted by atomic mass is 32.2. The van der Waals surface area contributed by atoms with Gasteiger partial charge in [-0.15, -0.1) is 0 Å². The quantitative estimate of drug-likeness (QED) is 0.754. The van der Waals surface area contributed by atoms with Crippen LogP contribution in [0.2, 0.25) is 0 Å². The van der Waals surface area contributed by atoms with Crippen molar-refractivity contribution < 1.29 is 0 Å². The van der Waals surface area contributed by atoms with E-state index in [9.17, 15) is 0 Å². The van der Waals surface area contributed by atoms with E-state index in [2.05, 4.69) is 24.9 Å². The van der Waals surface area contributed by atoms with Gasteiger partial charge in [-0.05, 0) is 0 Å². The van der Waals surface area contributed by atoms with E-state index in [4.69, 9.17) is 11.5 Å². The largest absolute Gasteiger partial charge is 0.381 e. The molecule has 100 valence electrons. The van der Waals surface area contributed by atoms with Gasteiger partial charge in [-0.2, -0.15) is 15.0 Å². The standard InChI is InChI=1S/C10H14N8S/c1-18(2)10-16-6(15-9(12)17-10)5-19-8-7(11)13-3-4-14-8/h3-4H,5H2,1-2H3,(H2,11,13)(H2,12,15,16,17). The van der Waals surface area contributed by atoms with Crippen molar-refractivity contribution in [2.45, 2.75) is 10.8 Å². The molecule has 0 aromatic carbocycles. The van der Waals surface area contributed by atoms with Gasteiger partial charge in [-0.1, -0.05) is 11.8 Å². The summed E-state index contributed by atoms with van der Waals surface area (Å²) in [6.07, 6.45) is 3.14. The van der Waals surface area contributed by atoms with E-state index in [1.165, 1.54) is 11.8 Å². The minimum absolute atomic E-state index is 0.196. The van der Waals surface area contributed by atoms with Gasteiger partial charge in [0, 0.05) is 26.5 Å². The number of rotatable bonds is 4. The molecular formula is C10H14N8S. The van der Waals surface area contributed by atoms with Crippen LogP contribution < -0.4 is 16.4 Å². The van der Waals surface area contributed by atoms with E-state index in [-0.39, 0.29) is 5.95 Å². The molecule has 9 heteroatoms. The monoisotopic (exact) mass is 278 g/mol. The summed E-state index contributed by atoms with van der Waals surface area (Å²) in [5.41, 5.74) is 11.4. The van der Waals surface area contributed by atoms with E-state index < -0.39 is 0 Å². The van der Waals surface area contributed by atoms with E-state index in [1.807, 2.05) is 14.1 Å². The van der Waals surface area contributed by atoms with Gasteiger partial charge in [0.15, 0.2) is 5.82 Å². The average molecular weight is 278 g/mol. The first-order valence-corrected chi connectivity index (χ1v) is 6.42. The van der Waals surface area contributed by atoms with Crippen LogP contribution in [0.3, 0.4) is 0 Å². The lowest BCUT2D eigenvalue weighted by Crippen LogP contribution is -2.16. The lowest BCUT2D eigenvalue weighted by atomic mass is 10.6. The van der Waals surface area contributed by atoms with Crippen LogP contribution in [0.25, 0.3) is 0 Å². The predicted molar refractivity (Wildman–Crippen MR) is 74.6 cm³/mol. The van der Waals surface area contributed by atoms with Gasteiger partial charge in [0.25, 0.3) is 0 Å². The fourth-order valence-electron chi connectivity index (χ4n) is 1.27. The third-order valence-corrected chi connectivity index (χ3v) is 3.11. The molecule has 0 radical (unpaired) electrons. The zero-order valence-corrected chi connectivity index (χ0v) is 11.4. The summed E-state index contributed by atoms with van der Waals surface area (Å²) in [6, 6.07) is 0. The Kier molecular flexibility index (Phi) is 3.95. The summed E-state index contributed by atoms with van der Waals surface area (Å²) in [5, 5.41) is 0.646. The van der Waals surface area contributed by atoms with Crippen molar-refractivity contribution in [3.63, 3.8) is 0 Å². The molecule has 0 saturated heterocycles. The van der Waals surface area contributed by atoms with Crippen LogP contribution in [0.4, 0.5) is 17.7 Å². The minimum Gasteiger partial charge on any atom is -0.381 e. The smallest absolute Gasteiger partial charge is 0.229 e. The summed E-state index contributed by atoms with van der Waals surface area (Å²) in [4.78, 5) is 22.3. The Hall–Kier alpha value is -2.16. The van der Waals surface area contributed by atoms with Crippen molar-refractivity contribution in [1.29, 1.82) is 0 Å². The molecule has 0 bridgehead atoms. The first-order valence-electron chi connectivity index (χ1n) is 5.43. The molecular weight excluding hydrogens is 264 g/mol. The fourth-order valence-corrected chi connectivity index (χ4v) is 2.00. The van der Waals surface area contributed by atoms with Crippen LogP contribution in [0, 0.1) is 0 Å². The second-order valence-electron chi connectivity index (χ2n) is 3.84. The molecule has 4 N–H and O–H groups in total. The SMILES string of the molecule is CN(C)c1nc(N)nc(CSc2nccnc2N)n1. The normalized spacial score (nSPS) is 10.4. The molecule has 2 aromatic heterocycles. The zero-order chi connectivity index (χ0) is 13.8. The lowest BCUT2D eigenvalue weighted by molar-refractivity contribution is 0.918. The molecule has 0 saturated carbocycles. The van der Waals surface area contributed by atoms with Crippen molar-refractivity contribution >= 4 is 29.5 Å². The molecule has 2 heterocycles. The summed E-state index contributed by atoms with van der Waals surface area (Å²) in [6.45, 7) is 0. The maximum absolute atomic E-state index is 5.71. The Balaban J connectivity index is 2.14. The van der Waals surface area contributed by atoms with E-state index >= 15 is 0 Å². The van der Waals surface area contributed by atoms with Gasteiger partial charge in [0.2, 0.25) is 11.9 Å². The van der Waals surface area contributed by atoms with Gasteiger partial charge >= 0.3 is 0 Å². The third-order valence-electron chi connectivity index (χ3n) is 2.12. The summed E-state index contributed by atoms with van der Waals surface area (Å²) < 4.78 is 0. The summed E-state index contributed by atoms with van der Waals surface area (Å²) in [5.74, 6) is 2.18. The molecule has 0 unspecified atom stereocenters. The summed E-state index contributed by atoms with van der Waals surface area (Å²) in [7, 11) is 3.68. The lowest BCUT2D eigenvalue weighted by Gasteiger charge is -2.11. The van der Waals surface area contributed by atoms with Crippen LogP contribution >= 0.6 is 11.8 Å². The molecule has 0 aliphatic rings. The number of anilines is 3. The molecule has 0 aliphatic carbocycles. The van der Waals surface area contributed by atoms with Crippen molar-refractivity contribution in [2.75, 3.05) is 30.5 Å². The Labute approximate surface area is 114 Å².